The van der Waals surface area contributed by atoms with Crippen molar-refractivity contribution in [2.75, 3.05) is 0 Å². The number of aryl methyl sites for hydroxylation is 4. The SMILES string of the molecule is Cc1cccc(C)c1[NH-].Cc1cccc(C)c1[NH-].[Cl-].[Cl-].[Hf].[Hf].[c-]1cccc2c1Cc1ccccc1-2.[c-]1cccc2c1Cc1ccccc1-2.c1ccc([SiH]c2ccccc2)cc1.c1ccc([SiH]c2ccccc2)cc1. The van der Waals surface area contributed by atoms with E-state index in [2.05, 4.69) is 206 Å². The maximum atomic E-state index is 7.44. The van der Waals surface area contributed by atoms with Crippen LogP contribution in [0.2, 0.25) is 0 Å². The number of hydrogen-bond donors (Lipinski definition) is 0. The molecule has 2 N–H and O–H groups in total. The van der Waals surface area contributed by atoms with E-state index < -0.39 is 0 Å². The Hall–Kier alpha value is -5.45. The molecule has 0 bridgehead atoms. The summed E-state index contributed by atoms with van der Waals surface area (Å²) in [6, 6.07) is 90.6. The molecule has 0 spiro atoms. The molecule has 0 saturated carbocycles. The van der Waals surface area contributed by atoms with Crippen LogP contribution in [0.1, 0.15) is 44.5 Å². The Labute approximate surface area is 496 Å². The summed E-state index contributed by atoms with van der Waals surface area (Å²) in [5, 5.41) is 5.81. The summed E-state index contributed by atoms with van der Waals surface area (Å²) >= 11 is 0. The first kappa shape index (κ1) is 62.8. The average molecular weight is 1370 g/mol. The molecule has 0 amide bonds. The molecule has 0 atom stereocenters. The van der Waals surface area contributed by atoms with Crippen molar-refractivity contribution in [3.8, 4) is 22.3 Å². The fourth-order valence-electron chi connectivity index (χ4n) is 8.21. The summed E-state index contributed by atoms with van der Waals surface area (Å²) in [5.41, 5.74) is 31.4. The van der Waals surface area contributed by atoms with E-state index in [1.54, 1.807) is 0 Å². The van der Waals surface area contributed by atoms with E-state index in [0.717, 1.165) is 35.1 Å². The van der Waals surface area contributed by atoms with Gasteiger partial charge < -0.3 is 36.3 Å². The van der Waals surface area contributed by atoms with E-state index in [4.69, 9.17) is 11.5 Å². The minimum absolute atomic E-state index is 0. The van der Waals surface area contributed by atoms with Crippen LogP contribution >= 0.6 is 0 Å². The standard InChI is InChI=1S/2C13H9.2C12H11Si.2C8H10N.2ClH.2Hf/c2*1-3-7-12-10(5-1)9-11-6-2-4-8-13(11)12;2*1-3-7-11(8-4-1)13-12-9-5-2-6-10-12;2*1-6-4-3-5-7(2)8(6)9;;;;/h2*1-5,7-8H,9H2;2*1-10,13H;2*3-5,9H,1-2H3;2*1H;;/q2*-1;;;2*-1;;;;/p-2. The maximum Gasteiger partial charge on any atom is 0.103 e. The number of hydrogen-bond acceptors (Lipinski definition) is 0. The molecule has 10 aromatic carbocycles. The van der Waals surface area contributed by atoms with Crippen molar-refractivity contribution in [2.45, 2.75) is 40.5 Å². The molecule has 0 fully saturated rings. The predicted octanol–water partition coefficient (Wildman–Crippen LogP) is 8.24. The summed E-state index contributed by atoms with van der Waals surface area (Å²) < 4.78 is 0. The number of rotatable bonds is 4. The van der Waals surface area contributed by atoms with Gasteiger partial charge in [0.05, 0.1) is 0 Å². The van der Waals surface area contributed by atoms with Gasteiger partial charge >= 0.3 is 0 Å². The van der Waals surface area contributed by atoms with Gasteiger partial charge in [0, 0.05) is 51.7 Å². The van der Waals surface area contributed by atoms with E-state index in [1.807, 2.05) is 76.2 Å². The van der Waals surface area contributed by atoms with Gasteiger partial charge in [-0.05, 0) is 40.5 Å². The first-order chi connectivity index (χ1) is 34.2. The number of fused-ring (bicyclic) bond motifs is 6. The molecule has 10 aromatic rings. The molecule has 12 rings (SSSR count). The maximum absolute atomic E-state index is 7.44. The van der Waals surface area contributed by atoms with Crippen molar-refractivity contribution in [3.63, 3.8) is 0 Å². The molecule has 370 valence electrons. The van der Waals surface area contributed by atoms with Gasteiger partial charge in [-0.2, -0.15) is 59.7 Å². The van der Waals surface area contributed by atoms with Gasteiger partial charge in [0.25, 0.3) is 0 Å². The van der Waals surface area contributed by atoms with Gasteiger partial charge in [-0.3, -0.25) is 0 Å². The van der Waals surface area contributed by atoms with Gasteiger partial charge in [0.2, 0.25) is 0 Å². The van der Waals surface area contributed by atoms with Crippen LogP contribution in [-0.2, 0) is 64.5 Å². The van der Waals surface area contributed by atoms with Crippen LogP contribution in [0.4, 0.5) is 11.4 Å². The van der Waals surface area contributed by atoms with E-state index in [9.17, 15) is 0 Å². The smallest absolute Gasteiger partial charge is 0.103 e. The zero-order valence-corrected chi connectivity index (χ0v) is 53.4. The van der Waals surface area contributed by atoms with Crippen molar-refractivity contribution >= 4 is 51.2 Å². The second-order valence-corrected chi connectivity index (χ2v) is 20.5. The van der Waals surface area contributed by atoms with Crippen LogP contribution in [0.5, 0.6) is 0 Å². The molecule has 74 heavy (non-hydrogen) atoms. The van der Waals surface area contributed by atoms with E-state index >= 15 is 0 Å². The monoisotopic (exact) mass is 1370 g/mol. The third-order valence-corrected chi connectivity index (χ3v) is 14.9. The molecule has 2 radical (unpaired) electrons. The first-order valence-corrected chi connectivity index (χ1v) is 26.2. The largest absolute Gasteiger partial charge is 1.00 e. The quantitative estimate of drug-likeness (QED) is 0.126. The van der Waals surface area contributed by atoms with Crippen LogP contribution in [0.3, 0.4) is 0 Å². The van der Waals surface area contributed by atoms with E-state index in [0.29, 0.717) is 11.4 Å². The van der Waals surface area contributed by atoms with E-state index in [-0.39, 0.29) is 95.5 Å². The van der Waals surface area contributed by atoms with E-state index in [1.165, 1.54) is 65.3 Å². The van der Waals surface area contributed by atoms with Gasteiger partial charge in [-0.1, -0.05) is 272 Å². The number of benzene rings is 10. The summed E-state index contributed by atoms with van der Waals surface area (Å²) in [6.07, 6.45) is 2.10. The predicted molar refractivity (Wildman–Crippen MR) is 305 cm³/mol. The Balaban J connectivity index is 0.000000233. The summed E-state index contributed by atoms with van der Waals surface area (Å²) in [7, 11) is 0.543. The van der Waals surface area contributed by atoms with Crippen molar-refractivity contribution in [3.05, 3.63) is 311 Å². The summed E-state index contributed by atoms with van der Waals surface area (Å²) in [4.78, 5) is 0. The summed E-state index contributed by atoms with van der Waals surface area (Å²) in [6.45, 7) is 7.81. The molecule has 8 heteroatoms. The average Bonchev–Trinajstić information content (AvgIpc) is 3.98. The second kappa shape index (κ2) is 33.5. The van der Waals surface area contributed by atoms with Crippen molar-refractivity contribution in [2.24, 2.45) is 0 Å². The molecular formula is C66H60Cl2Hf2N2Si2-6. The van der Waals surface area contributed by atoms with Crippen molar-refractivity contribution < 1.29 is 76.5 Å². The molecular weight excluding hydrogens is 1300 g/mol. The molecule has 0 aromatic heterocycles. The van der Waals surface area contributed by atoms with Crippen molar-refractivity contribution in [1.82, 2.24) is 0 Å². The molecule has 2 aliphatic rings. The normalized spacial score (nSPS) is 10.1. The Morgan fingerprint density at radius 1 is 0.311 bits per heavy atom. The molecule has 2 aliphatic carbocycles. The van der Waals surface area contributed by atoms with Gasteiger partial charge in [0.15, 0.2) is 0 Å². The zero-order chi connectivity index (χ0) is 48.9. The second-order valence-electron chi connectivity index (χ2n) is 17.3. The first-order valence-electron chi connectivity index (χ1n) is 23.8. The van der Waals surface area contributed by atoms with Crippen molar-refractivity contribution in [1.29, 1.82) is 0 Å². The van der Waals surface area contributed by atoms with Crippen LogP contribution < -0.4 is 45.6 Å². The Bertz CT molecular complexity index is 2760. The summed E-state index contributed by atoms with van der Waals surface area (Å²) in [5.74, 6) is 0. The number of nitrogens with one attached hydrogen (secondary N) is 2. The van der Waals surface area contributed by atoms with Crippen LogP contribution in [0.25, 0.3) is 33.7 Å². The third-order valence-electron chi connectivity index (χ3n) is 12.1. The van der Waals surface area contributed by atoms with Gasteiger partial charge in [-0.25, -0.2) is 0 Å². The molecule has 0 unspecified atom stereocenters. The third kappa shape index (κ3) is 19.0. The minimum atomic E-state index is 0. The topological polar surface area (TPSA) is 47.6 Å². The molecule has 0 saturated heterocycles. The van der Waals surface area contributed by atoms with Crippen LogP contribution in [0.15, 0.2) is 243 Å². The fourth-order valence-corrected chi connectivity index (χ4v) is 10.6. The fraction of sp³-hybridized carbons (Fsp3) is 0.0909. The zero-order valence-electron chi connectivity index (χ0n) is 42.4. The molecule has 0 heterocycles. The Kier molecular flexibility index (Phi) is 28.4. The Morgan fingerprint density at radius 3 is 0.851 bits per heavy atom. The van der Waals surface area contributed by atoms with Crippen LogP contribution in [-0.4, -0.2) is 19.0 Å². The van der Waals surface area contributed by atoms with Gasteiger partial charge in [0.1, 0.15) is 19.0 Å². The number of halogens is 2. The minimum Gasteiger partial charge on any atom is -1.00 e. The molecule has 2 nitrogen and oxygen atoms in total. The van der Waals surface area contributed by atoms with Crippen LogP contribution in [0, 0.1) is 39.8 Å². The van der Waals surface area contributed by atoms with Gasteiger partial charge in [-0.15, -0.1) is 22.5 Å². The Morgan fingerprint density at radius 2 is 0.568 bits per heavy atom. The molecule has 0 aliphatic heterocycles.